The molecule has 7 heteroatoms. The Labute approximate surface area is 107 Å². The fourth-order valence-electron chi connectivity index (χ4n) is 2.11. The zero-order chi connectivity index (χ0) is 13.4. The maximum atomic E-state index is 11.7. The predicted molar refractivity (Wildman–Crippen MR) is 65.8 cm³/mol. The lowest BCUT2D eigenvalue weighted by Crippen LogP contribution is -2.21. The van der Waals surface area contributed by atoms with Crippen LogP contribution in [0, 0.1) is 0 Å². The van der Waals surface area contributed by atoms with E-state index in [4.69, 9.17) is 14.6 Å². The van der Waals surface area contributed by atoms with Gasteiger partial charge in [0.25, 0.3) is 0 Å². The highest BCUT2D eigenvalue weighted by Crippen LogP contribution is 2.33. The molecule has 0 radical (unpaired) electrons. The first-order chi connectivity index (χ1) is 9.15. The number of aliphatic carboxylic acids is 1. The molecule has 0 aliphatic carbocycles. The normalized spacial score (nSPS) is 14.3. The number of nitrogens with one attached hydrogen (secondary N) is 1. The predicted octanol–water partition coefficient (Wildman–Crippen LogP) is 0.576. The van der Waals surface area contributed by atoms with Crippen LogP contribution in [0.25, 0.3) is 11.0 Å². The fraction of sp³-hybridized carbons (Fsp3) is 0.333. The van der Waals surface area contributed by atoms with Gasteiger partial charge in [-0.25, -0.2) is 4.79 Å². The summed E-state index contributed by atoms with van der Waals surface area (Å²) in [4.78, 5) is 25.1. The number of carboxylic acid groups (broad SMARTS) is 1. The molecule has 1 aromatic heterocycles. The van der Waals surface area contributed by atoms with Crippen molar-refractivity contribution >= 4 is 17.0 Å². The Morgan fingerprint density at radius 1 is 1.32 bits per heavy atom. The Hall–Kier alpha value is -2.44. The molecular weight excluding hydrogens is 252 g/mol. The maximum Gasteiger partial charge on any atom is 0.327 e. The molecular formula is C12H12N2O5. The van der Waals surface area contributed by atoms with E-state index >= 15 is 0 Å². The summed E-state index contributed by atoms with van der Waals surface area (Å²) in [6.07, 6.45) is 0.782. The van der Waals surface area contributed by atoms with Gasteiger partial charge in [0.15, 0.2) is 11.5 Å². The van der Waals surface area contributed by atoms with Crippen molar-refractivity contribution in [2.24, 2.45) is 0 Å². The van der Waals surface area contributed by atoms with Crippen molar-refractivity contribution in [3.63, 3.8) is 0 Å². The van der Waals surface area contributed by atoms with Gasteiger partial charge in [-0.15, -0.1) is 0 Å². The molecule has 2 N–H and O–H groups in total. The zero-order valence-electron chi connectivity index (χ0n) is 10.0. The molecule has 0 unspecified atom stereocenters. The van der Waals surface area contributed by atoms with E-state index < -0.39 is 18.2 Å². The van der Waals surface area contributed by atoms with Crippen molar-refractivity contribution in [2.45, 2.75) is 13.0 Å². The van der Waals surface area contributed by atoms with Crippen LogP contribution in [0.1, 0.15) is 6.42 Å². The summed E-state index contributed by atoms with van der Waals surface area (Å²) in [5.41, 5.74) is 0.574. The minimum Gasteiger partial charge on any atom is -0.489 e. The number of carbonyl (C=O) groups is 1. The van der Waals surface area contributed by atoms with Crippen molar-refractivity contribution in [2.75, 3.05) is 13.2 Å². The van der Waals surface area contributed by atoms with Crippen LogP contribution in [-0.4, -0.2) is 33.8 Å². The monoisotopic (exact) mass is 264 g/mol. The van der Waals surface area contributed by atoms with Gasteiger partial charge in [-0.3, -0.25) is 9.36 Å². The molecule has 100 valence electrons. The lowest BCUT2D eigenvalue weighted by atomic mass is 10.2. The molecule has 0 spiro atoms. The van der Waals surface area contributed by atoms with Crippen LogP contribution in [0.5, 0.6) is 11.5 Å². The third kappa shape index (κ3) is 2.03. The van der Waals surface area contributed by atoms with Crippen LogP contribution in [0.2, 0.25) is 0 Å². The van der Waals surface area contributed by atoms with E-state index in [0.717, 1.165) is 11.0 Å². The van der Waals surface area contributed by atoms with Crippen molar-refractivity contribution in [3.8, 4) is 11.5 Å². The highest BCUT2D eigenvalue weighted by molar-refractivity contribution is 5.81. The molecule has 0 saturated carbocycles. The number of fused-ring (bicyclic) bond motifs is 2. The second kappa shape index (κ2) is 4.34. The van der Waals surface area contributed by atoms with Gasteiger partial charge in [0.1, 0.15) is 6.54 Å². The molecule has 7 nitrogen and oxygen atoms in total. The molecule has 0 saturated heterocycles. The Morgan fingerprint density at radius 2 is 2.00 bits per heavy atom. The Kier molecular flexibility index (Phi) is 2.66. The van der Waals surface area contributed by atoms with Gasteiger partial charge < -0.3 is 19.6 Å². The summed E-state index contributed by atoms with van der Waals surface area (Å²) in [6.45, 7) is 0.698. The molecule has 0 fully saturated rings. The molecule has 1 aliphatic rings. The summed E-state index contributed by atoms with van der Waals surface area (Å²) >= 11 is 0. The summed E-state index contributed by atoms with van der Waals surface area (Å²) in [6, 6.07) is 3.30. The maximum absolute atomic E-state index is 11.7. The second-order valence-electron chi connectivity index (χ2n) is 4.28. The summed E-state index contributed by atoms with van der Waals surface area (Å²) in [5.74, 6) is 0.0203. The van der Waals surface area contributed by atoms with E-state index in [-0.39, 0.29) is 0 Å². The highest BCUT2D eigenvalue weighted by Gasteiger charge is 2.16. The molecule has 3 rings (SSSR count). The zero-order valence-corrected chi connectivity index (χ0v) is 10.0. The van der Waals surface area contributed by atoms with Crippen molar-refractivity contribution in [3.05, 3.63) is 22.6 Å². The van der Waals surface area contributed by atoms with Gasteiger partial charge in [0, 0.05) is 18.6 Å². The first-order valence-electron chi connectivity index (χ1n) is 5.89. The van der Waals surface area contributed by atoms with Gasteiger partial charge in [-0.1, -0.05) is 0 Å². The van der Waals surface area contributed by atoms with Gasteiger partial charge in [-0.05, 0) is 0 Å². The van der Waals surface area contributed by atoms with E-state index in [1.807, 2.05) is 0 Å². The highest BCUT2D eigenvalue weighted by atomic mass is 16.5. The SMILES string of the molecule is O=C(O)Cn1c(=O)[nH]c2cc3c(cc21)OCCCO3. The van der Waals surface area contributed by atoms with Gasteiger partial charge in [0.2, 0.25) is 0 Å². The largest absolute Gasteiger partial charge is 0.489 e. The number of H-pyrrole nitrogens is 1. The van der Waals surface area contributed by atoms with Crippen LogP contribution in [-0.2, 0) is 11.3 Å². The molecule has 2 heterocycles. The lowest BCUT2D eigenvalue weighted by Gasteiger charge is -2.07. The topological polar surface area (TPSA) is 93.6 Å². The number of aromatic nitrogens is 2. The number of carboxylic acids is 1. The quantitative estimate of drug-likeness (QED) is 0.827. The van der Waals surface area contributed by atoms with Crippen molar-refractivity contribution in [1.29, 1.82) is 0 Å². The van der Waals surface area contributed by atoms with Gasteiger partial charge in [-0.2, -0.15) is 0 Å². The van der Waals surface area contributed by atoms with E-state index in [2.05, 4.69) is 4.98 Å². The molecule has 1 aromatic carbocycles. The molecule has 2 aromatic rings. The van der Waals surface area contributed by atoms with Crippen molar-refractivity contribution < 1.29 is 19.4 Å². The summed E-state index contributed by atoms with van der Waals surface area (Å²) in [7, 11) is 0. The van der Waals surface area contributed by atoms with Crippen molar-refractivity contribution in [1.82, 2.24) is 9.55 Å². The number of imidazole rings is 1. The smallest absolute Gasteiger partial charge is 0.327 e. The third-order valence-corrected chi connectivity index (χ3v) is 2.94. The number of benzene rings is 1. The number of hydrogen-bond donors (Lipinski definition) is 2. The third-order valence-electron chi connectivity index (χ3n) is 2.94. The first-order valence-corrected chi connectivity index (χ1v) is 5.89. The molecule has 0 amide bonds. The number of aromatic amines is 1. The minimum absolute atomic E-state index is 0.390. The Morgan fingerprint density at radius 3 is 2.68 bits per heavy atom. The number of hydrogen-bond acceptors (Lipinski definition) is 4. The number of ether oxygens (including phenoxy) is 2. The number of rotatable bonds is 2. The first kappa shape index (κ1) is 11.6. The average molecular weight is 264 g/mol. The van der Waals surface area contributed by atoms with E-state index in [0.29, 0.717) is 35.7 Å². The lowest BCUT2D eigenvalue weighted by molar-refractivity contribution is -0.137. The molecule has 19 heavy (non-hydrogen) atoms. The van der Waals surface area contributed by atoms with Crippen LogP contribution in [0.4, 0.5) is 0 Å². The van der Waals surface area contributed by atoms with E-state index in [1.54, 1.807) is 12.1 Å². The minimum atomic E-state index is -1.07. The Balaban J connectivity index is 2.18. The van der Waals surface area contributed by atoms with Crippen LogP contribution < -0.4 is 15.2 Å². The standard InChI is InChI=1S/C12H12N2O5/c15-11(16)6-14-8-5-10-9(18-2-1-3-19-10)4-7(8)13-12(14)17/h4-5H,1-3,6H2,(H,13,17)(H,15,16). The van der Waals surface area contributed by atoms with Crippen LogP contribution >= 0.6 is 0 Å². The van der Waals surface area contributed by atoms with E-state index in [1.165, 1.54) is 0 Å². The molecule has 0 atom stereocenters. The van der Waals surface area contributed by atoms with Gasteiger partial charge in [0.05, 0.1) is 24.2 Å². The Bertz CT molecular complexity index is 700. The number of nitrogens with zero attached hydrogens (tertiary/aromatic N) is 1. The molecule has 0 bridgehead atoms. The fourth-order valence-corrected chi connectivity index (χ4v) is 2.11. The molecule has 1 aliphatic heterocycles. The summed E-state index contributed by atoms with van der Waals surface area (Å²) in [5, 5.41) is 8.82. The van der Waals surface area contributed by atoms with E-state index in [9.17, 15) is 9.59 Å². The second-order valence-corrected chi connectivity index (χ2v) is 4.28. The average Bonchev–Trinajstić information content (AvgIpc) is 2.54. The van der Waals surface area contributed by atoms with Gasteiger partial charge >= 0.3 is 11.7 Å². The van der Waals surface area contributed by atoms with Crippen LogP contribution in [0.15, 0.2) is 16.9 Å². The summed E-state index contributed by atoms with van der Waals surface area (Å²) < 4.78 is 12.2. The van der Waals surface area contributed by atoms with Crippen LogP contribution in [0.3, 0.4) is 0 Å².